The molecule has 0 heterocycles. The van der Waals surface area contributed by atoms with E-state index < -0.39 is 10.0 Å². The Morgan fingerprint density at radius 3 is 2.53 bits per heavy atom. The molecule has 17 heavy (non-hydrogen) atoms. The minimum absolute atomic E-state index is 0.0641. The molecule has 0 aromatic heterocycles. The van der Waals surface area contributed by atoms with Gasteiger partial charge in [0.15, 0.2) is 0 Å². The summed E-state index contributed by atoms with van der Waals surface area (Å²) in [7, 11) is -3.52. The summed E-state index contributed by atoms with van der Waals surface area (Å²) in [5, 5.41) is 8.74. The number of hydrogen-bond donors (Lipinski definition) is 1. The van der Waals surface area contributed by atoms with Crippen LogP contribution in [0.4, 0.5) is 0 Å². The van der Waals surface area contributed by atoms with Crippen molar-refractivity contribution in [2.75, 3.05) is 0 Å². The number of sulfonamides is 1. The van der Waals surface area contributed by atoms with Crippen molar-refractivity contribution in [3.8, 4) is 6.07 Å². The van der Waals surface area contributed by atoms with Crippen molar-refractivity contribution in [3.63, 3.8) is 0 Å². The van der Waals surface area contributed by atoms with Crippen LogP contribution in [-0.2, 0) is 10.0 Å². The van der Waals surface area contributed by atoms with Gasteiger partial charge in [-0.15, -0.1) is 0 Å². The van der Waals surface area contributed by atoms with Crippen molar-refractivity contribution in [2.45, 2.75) is 37.6 Å². The van der Waals surface area contributed by atoms with Crippen molar-refractivity contribution in [2.24, 2.45) is 0 Å². The molecule has 1 rings (SSSR count). The molecule has 0 atom stereocenters. The molecule has 5 heteroatoms. The van der Waals surface area contributed by atoms with Crippen molar-refractivity contribution in [1.29, 1.82) is 5.26 Å². The smallest absolute Gasteiger partial charge is 0.208 e. The van der Waals surface area contributed by atoms with Crippen LogP contribution in [0.25, 0.3) is 0 Å². The molecule has 1 N–H and O–H groups in total. The molecule has 0 aliphatic heterocycles. The Bertz CT molecular complexity index is 514. The zero-order valence-corrected chi connectivity index (χ0v) is 10.8. The minimum Gasteiger partial charge on any atom is -0.208 e. The van der Waals surface area contributed by atoms with E-state index in [1.165, 1.54) is 12.1 Å². The highest BCUT2D eigenvalue weighted by molar-refractivity contribution is 7.89. The largest absolute Gasteiger partial charge is 0.240 e. The highest BCUT2D eigenvalue weighted by Crippen LogP contribution is 2.12. The first kappa shape index (κ1) is 13.7. The summed E-state index contributed by atoms with van der Waals surface area (Å²) in [5.41, 5.74) is 0.345. The molecular formula is C12H16N2O2S. The first-order valence-corrected chi connectivity index (χ1v) is 7.04. The zero-order chi connectivity index (χ0) is 12.9. The lowest BCUT2D eigenvalue weighted by atomic mass is 10.2. The topological polar surface area (TPSA) is 70.0 Å². The average Bonchev–Trinajstić information content (AvgIpc) is 2.36. The number of rotatable bonds is 5. The van der Waals surface area contributed by atoms with E-state index in [1.807, 2.05) is 19.9 Å². The molecule has 0 amide bonds. The van der Waals surface area contributed by atoms with Gasteiger partial charge in [-0.3, -0.25) is 0 Å². The van der Waals surface area contributed by atoms with Gasteiger partial charge in [0.05, 0.1) is 16.5 Å². The molecule has 0 radical (unpaired) electrons. The van der Waals surface area contributed by atoms with E-state index in [-0.39, 0.29) is 10.9 Å². The van der Waals surface area contributed by atoms with Crippen molar-refractivity contribution in [3.05, 3.63) is 29.8 Å². The van der Waals surface area contributed by atoms with Gasteiger partial charge in [0.2, 0.25) is 10.0 Å². The van der Waals surface area contributed by atoms with Crippen LogP contribution in [0.15, 0.2) is 29.2 Å². The SMILES string of the molecule is CCC(CC)NS(=O)(=O)c1cccc(C#N)c1. The molecule has 0 aliphatic rings. The van der Waals surface area contributed by atoms with E-state index in [0.29, 0.717) is 5.56 Å². The van der Waals surface area contributed by atoms with Crippen molar-refractivity contribution in [1.82, 2.24) is 4.72 Å². The van der Waals surface area contributed by atoms with Gasteiger partial charge in [-0.1, -0.05) is 19.9 Å². The van der Waals surface area contributed by atoms with Gasteiger partial charge >= 0.3 is 0 Å². The lowest BCUT2D eigenvalue weighted by Gasteiger charge is -2.14. The lowest BCUT2D eigenvalue weighted by Crippen LogP contribution is -2.33. The van der Waals surface area contributed by atoms with Gasteiger partial charge in [0.25, 0.3) is 0 Å². The molecule has 92 valence electrons. The van der Waals surface area contributed by atoms with Gasteiger partial charge in [-0.2, -0.15) is 5.26 Å². The Balaban J connectivity index is 3.01. The average molecular weight is 252 g/mol. The predicted molar refractivity (Wildman–Crippen MR) is 65.8 cm³/mol. The summed E-state index contributed by atoms with van der Waals surface area (Å²) in [5.74, 6) is 0. The van der Waals surface area contributed by atoms with E-state index in [1.54, 1.807) is 12.1 Å². The molecule has 0 unspecified atom stereocenters. The number of nitrogens with one attached hydrogen (secondary N) is 1. The Kier molecular flexibility index (Phi) is 4.67. The third-order valence-corrected chi connectivity index (χ3v) is 4.10. The van der Waals surface area contributed by atoms with E-state index in [2.05, 4.69) is 4.72 Å². The molecule has 0 fully saturated rings. The van der Waals surface area contributed by atoms with E-state index in [4.69, 9.17) is 5.26 Å². The van der Waals surface area contributed by atoms with Crippen LogP contribution in [0, 0.1) is 11.3 Å². The van der Waals surface area contributed by atoms with E-state index in [0.717, 1.165) is 12.8 Å². The number of hydrogen-bond acceptors (Lipinski definition) is 3. The molecule has 4 nitrogen and oxygen atoms in total. The predicted octanol–water partition coefficient (Wildman–Crippen LogP) is 2.03. The third kappa shape index (κ3) is 3.55. The first-order chi connectivity index (χ1) is 8.03. The third-order valence-electron chi connectivity index (χ3n) is 2.58. The van der Waals surface area contributed by atoms with Crippen LogP contribution in [-0.4, -0.2) is 14.5 Å². The normalized spacial score (nSPS) is 11.4. The fraction of sp³-hybridized carbons (Fsp3) is 0.417. The summed E-state index contributed by atoms with van der Waals surface area (Å²) in [6.07, 6.45) is 1.49. The fourth-order valence-corrected chi connectivity index (χ4v) is 2.92. The van der Waals surface area contributed by atoms with Gasteiger partial charge < -0.3 is 0 Å². The summed E-state index contributed by atoms with van der Waals surface area (Å²) in [6, 6.07) is 7.88. The van der Waals surface area contributed by atoms with Crippen LogP contribution in [0.1, 0.15) is 32.3 Å². The molecule has 1 aromatic rings. The maximum Gasteiger partial charge on any atom is 0.240 e. The Morgan fingerprint density at radius 2 is 2.00 bits per heavy atom. The molecule has 0 saturated heterocycles. The Hall–Kier alpha value is -1.38. The second kappa shape index (κ2) is 5.80. The quantitative estimate of drug-likeness (QED) is 0.871. The fourth-order valence-electron chi connectivity index (χ4n) is 1.48. The van der Waals surface area contributed by atoms with Crippen molar-refractivity contribution >= 4 is 10.0 Å². The maximum atomic E-state index is 12.0. The van der Waals surface area contributed by atoms with Crippen LogP contribution >= 0.6 is 0 Å². The Labute approximate surface area is 102 Å². The van der Waals surface area contributed by atoms with Gasteiger partial charge in [-0.05, 0) is 31.0 Å². The first-order valence-electron chi connectivity index (χ1n) is 5.56. The van der Waals surface area contributed by atoms with E-state index >= 15 is 0 Å². The number of benzene rings is 1. The maximum absolute atomic E-state index is 12.0. The minimum atomic E-state index is -3.52. The highest BCUT2D eigenvalue weighted by atomic mass is 32.2. The number of nitriles is 1. The van der Waals surface area contributed by atoms with Crippen molar-refractivity contribution < 1.29 is 8.42 Å². The molecule has 0 saturated carbocycles. The van der Waals surface area contributed by atoms with Gasteiger partial charge in [0, 0.05) is 6.04 Å². The number of nitrogens with zero attached hydrogens (tertiary/aromatic N) is 1. The second-order valence-corrected chi connectivity index (χ2v) is 5.49. The summed E-state index contributed by atoms with van der Waals surface area (Å²) >= 11 is 0. The van der Waals surface area contributed by atoms with Gasteiger partial charge in [0.1, 0.15) is 0 Å². The Morgan fingerprint density at radius 1 is 1.35 bits per heavy atom. The molecule has 0 bridgehead atoms. The second-order valence-electron chi connectivity index (χ2n) is 3.77. The van der Waals surface area contributed by atoms with Gasteiger partial charge in [-0.25, -0.2) is 13.1 Å². The lowest BCUT2D eigenvalue weighted by molar-refractivity contribution is 0.530. The zero-order valence-electron chi connectivity index (χ0n) is 9.97. The molecule has 1 aromatic carbocycles. The van der Waals surface area contributed by atoms with Crippen LogP contribution < -0.4 is 4.72 Å². The highest BCUT2D eigenvalue weighted by Gasteiger charge is 2.17. The molecular weight excluding hydrogens is 236 g/mol. The summed E-state index contributed by atoms with van der Waals surface area (Å²) < 4.78 is 26.6. The van der Waals surface area contributed by atoms with Crippen LogP contribution in [0.2, 0.25) is 0 Å². The summed E-state index contributed by atoms with van der Waals surface area (Å²) in [6.45, 7) is 3.87. The summed E-state index contributed by atoms with van der Waals surface area (Å²) in [4.78, 5) is 0.142. The van der Waals surface area contributed by atoms with Crippen LogP contribution in [0.3, 0.4) is 0 Å². The monoisotopic (exact) mass is 252 g/mol. The molecule has 0 aliphatic carbocycles. The standard InChI is InChI=1S/C12H16N2O2S/c1-3-11(4-2)14-17(15,16)12-7-5-6-10(8-12)9-13/h5-8,11,14H,3-4H2,1-2H3. The van der Waals surface area contributed by atoms with E-state index in [9.17, 15) is 8.42 Å². The molecule has 0 spiro atoms. The van der Waals surface area contributed by atoms with Crippen LogP contribution in [0.5, 0.6) is 0 Å².